The second-order valence-electron chi connectivity index (χ2n) is 9.42. The minimum absolute atomic E-state index is 0.135. The van der Waals surface area contributed by atoms with Crippen LogP contribution in [0.3, 0.4) is 0 Å². The Morgan fingerprint density at radius 2 is 1.70 bits per heavy atom. The van der Waals surface area contributed by atoms with Crippen LogP contribution in [0.4, 0.5) is 0 Å². The molecule has 190 valence electrons. The minimum Gasteiger partial charge on any atom is -0.478 e. The summed E-state index contributed by atoms with van der Waals surface area (Å²) in [4.78, 5) is 29.0. The number of nitrogens with one attached hydrogen (secondary N) is 1. The van der Waals surface area contributed by atoms with Crippen LogP contribution in [-0.4, -0.2) is 33.1 Å². The number of fused-ring (bicyclic) bond motifs is 1. The van der Waals surface area contributed by atoms with Crippen LogP contribution in [-0.2, 0) is 6.42 Å². The topological polar surface area (TPSA) is 84.2 Å². The Labute approximate surface area is 225 Å². The smallest absolute Gasteiger partial charge is 0.335 e. The van der Waals surface area contributed by atoms with Crippen molar-refractivity contribution in [2.24, 2.45) is 0 Å². The third-order valence-corrected chi connectivity index (χ3v) is 7.54. The molecule has 4 aromatic rings. The third kappa shape index (κ3) is 5.50. The lowest BCUT2D eigenvalue weighted by Gasteiger charge is -2.16. The molecule has 0 bridgehead atoms. The number of aryl methyl sites for hydroxylation is 1. The van der Waals surface area contributed by atoms with Gasteiger partial charge in [-0.15, -0.1) is 0 Å². The standard InChI is InChI=1S/C29H27Cl2N3O3/c30-22-13-11-18(24(31)17-22)4-3-15-32-28(35)20-9-7-19(8-10-20)27-33-25-16-21(29(36)37)12-14-26(25)34(27)23-5-1-2-6-23/h7-14,16-17,23H,1-6,15H2,(H,32,35)(H,36,37). The molecule has 0 unspecified atom stereocenters. The molecular formula is C29H27Cl2N3O3. The summed E-state index contributed by atoms with van der Waals surface area (Å²) in [6.07, 6.45) is 5.98. The Hall–Kier alpha value is -3.35. The zero-order valence-corrected chi connectivity index (χ0v) is 21.7. The third-order valence-electron chi connectivity index (χ3n) is 6.96. The van der Waals surface area contributed by atoms with Gasteiger partial charge in [-0.1, -0.05) is 54.2 Å². The van der Waals surface area contributed by atoms with Crippen molar-refractivity contribution in [3.8, 4) is 11.4 Å². The highest BCUT2D eigenvalue weighted by Gasteiger charge is 2.24. The molecule has 0 spiro atoms. The highest BCUT2D eigenvalue weighted by atomic mass is 35.5. The number of carboxylic acid groups (broad SMARTS) is 1. The fourth-order valence-corrected chi connectivity index (χ4v) is 5.55. The number of aromatic nitrogens is 2. The maximum Gasteiger partial charge on any atom is 0.335 e. The highest BCUT2D eigenvalue weighted by Crippen LogP contribution is 2.37. The van der Waals surface area contributed by atoms with Crippen molar-refractivity contribution in [2.75, 3.05) is 6.54 Å². The molecule has 3 aromatic carbocycles. The molecule has 1 amide bonds. The van der Waals surface area contributed by atoms with Gasteiger partial charge in [0.05, 0.1) is 16.6 Å². The molecule has 1 heterocycles. The number of halogens is 2. The van der Waals surface area contributed by atoms with Gasteiger partial charge in [0.15, 0.2) is 0 Å². The van der Waals surface area contributed by atoms with E-state index >= 15 is 0 Å². The molecular weight excluding hydrogens is 509 g/mol. The monoisotopic (exact) mass is 535 g/mol. The zero-order chi connectivity index (χ0) is 25.9. The largest absolute Gasteiger partial charge is 0.478 e. The number of amides is 1. The normalized spacial score (nSPS) is 13.8. The molecule has 37 heavy (non-hydrogen) atoms. The molecule has 1 saturated carbocycles. The molecule has 1 aliphatic rings. The minimum atomic E-state index is -0.967. The van der Waals surface area contributed by atoms with Gasteiger partial charge in [-0.25, -0.2) is 9.78 Å². The quantitative estimate of drug-likeness (QED) is 0.234. The number of benzene rings is 3. The van der Waals surface area contributed by atoms with E-state index < -0.39 is 5.97 Å². The maximum absolute atomic E-state index is 12.7. The van der Waals surface area contributed by atoms with Crippen LogP contribution < -0.4 is 5.32 Å². The van der Waals surface area contributed by atoms with Gasteiger partial charge in [0.25, 0.3) is 5.91 Å². The second-order valence-corrected chi connectivity index (χ2v) is 10.3. The number of imidazole rings is 1. The number of rotatable bonds is 8. The van der Waals surface area contributed by atoms with Crippen molar-refractivity contribution < 1.29 is 14.7 Å². The van der Waals surface area contributed by atoms with Gasteiger partial charge in [-0.3, -0.25) is 4.79 Å². The van der Waals surface area contributed by atoms with Crippen molar-refractivity contribution in [1.82, 2.24) is 14.9 Å². The molecule has 5 rings (SSSR count). The van der Waals surface area contributed by atoms with Crippen molar-refractivity contribution in [3.63, 3.8) is 0 Å². The average Bonchev–Trinajstić information content (AvgIpc) is 3.55. The van der Waals surface area contributed by atoms with E-state index in [-0.39, 0.29) is 11.5 Å². The van der Waals surface area contributed by atoms with E-state index in [1.54, 1.807) is 18.2 Å². The van der Waals surface area contributed by atoms with Crippen molar-refractivity contribution >= 4 is 46.1 Å². The van der Waals surface area contributed by atoms with E-state index in [2.05, 4.69) is 9.88 Å². The molecule has 0 atom stereocenters. The van der Waals surface area contributed by atoms with Crippen LogP contribution in [0.5, 0.6) is 0 Å². The first-order valence-electron chi connectivity index (χ1n) is 12.5. The van der Waals surface area contributed by atoms with Crippen LogP contribution in [0.15, 0.2) is 60.7 Å². The molecule has 0 saturated heterocycles. The van der Waals surface area contributed by atoms with E-state index in [1.165, 1.54) is 12.8 Å². The van der Waals surface area contributed by atoms with Crippen molar-refractivity contribution in [1.29, 1.82) is 0 Å². The number of carbonyl (C=O) groups excluding carboxylic acids is 1. The number of hydrogen-bond acceptors (Lipinski definition) is 3. The number of aromatic carboxylic acids is 1. The Morgan fingerprint density at radius 1 is 0.973 bits per heavy atom. The Bertz CT molecular complexity index is 1460. The molecule has 1 fully saturated rings. The van der Waals surface area contributed by atoms with Gasteiger partial charge in [-0.05, 0) is 73.7 Å². The van der Waals surface area contributed by atoms with Gasteiger partial charge in [0, 0.05) is 33.8 Å². The van der Waals surface area contributed by atoms with Crippen LogP contribution in [0.1, 0.15) is 64.4 Å². The summed E-state index contributed by atoms with van der Waals surface area (Å²) in [6.45, 7) is 0.531. The zero-order valence-electron chi connectivity index (χ0n) is 20.2. The van der Waals surface area contributed by atoms with Crippen molar-refractivity contribution in [2.45, 2.75) is 44.6 Å². The molecule has 0 radical (unpaired) electrons. The fourth-order valence-electron chi connectivity index (χ4n) is 5.05. The van der Waals surface area contributed by atoms with Gasteiger partial charge >= 0.3 is 5.97 Å². The summed E-state index contributed by atoms with van der Waals surface area (Å²) in [5, 5.41) is 13.6. The predicted octanol–water partition coefficient (Wildman–Crippen LogP) is 7.19. The van der Waals surface area contributed by atoms with E-state index in [0.717, 1.165) is 48.2 Å². The maximum atomic E-state index is 12.7. The van der Waals surface area contributed by atoms with Crippen LogP contribution in [0, 0.1) is 0 Å². The van der Waals surface area contributed by atoms with Crippen LogP contribution >= 0.6 is 23.2 Å². The Balaban J connectivity index is 1.30. The SMILES string of the molecule is O=C(O)c1ccc2c(c1)nc(-c1ccc(C(=O)NCCCc3ccc(Cl)cc3Cl)cc1)n2C1CCCC1. The van der Waals surface area contributed by atoms with E-state index in [9.17, 15) is 14.7 Å². The Morgan fingerprint density at radius 3 is 2.41 bits per heavy atom. The average molecular weight is 536 g/mol. The first kappa shape index (κ1) is 25.3. The fraction of sp³-hybridized carbons (Fsp3) is 0.276. The van der Waals surface area contributed by atoms with E-state index in [4.69, 9.17) is 28.2 Å². The molecule has 1 aliphatic carbocycles. The first-order valence-corrected chi connectivity index (χ1v) is 13.2. The van der Waals surface area contributed by atoms with Gasteiger partial charge in [0.1, 0.15) is 5.82 Å². The lowest BCUT2D eigenvalue weighted by molar-refractivity contribution is 0.0696. The van der Waals surface area contributed by atoms with Gasteiger partial charge in [-0.2, -0.15) is 0 Å². The number of nitrogens with zero attached hydrogens (tertiary/aromatic N) is 2. The number of carboxylic acids is 1. The lowest BCUT2D eigenvalue weighted by Crippen LogP contribution is -2.24. The number of carbonyl (C=O) groups is 2. The molecule has 0 aliphatic heterocycles. The lowest BCUT2D eigenvalue weighted by atomic mass is 10.1. The molecule has 2 N–H and O–H groups in total. The highest BCUT2D eigenvalue weighted by molar-refractivity contribution is 6.35. The van der Waals surface area contributed by atoms with Gasteiger partial charge in [0.2, 0.25) is 0 Å². The second kappa shape index (κ2) is 11.0. The predicted molar refractivity (Wildman–Crippen MR) is 147 cm³/mol. The van der Waals surface area contributed by atoms with Gasteiger partial charge < -0.3 is 15.0 Å². The molecule has 1 aromatic heterocycles. The van der Waals surface area contributed by atoms with E-state index in [0.29, 0.717) is 33.7 Å². The molecule has 6 nitrogen and oxygen atoms in total. The summed E-state index contributed by atoms with van der Waals surface area (Å²) in [5.74, 6) is -0.300. The van der Waals surface area contributed by atoms with E-state index in [1.807, 2.05) is 42.5 Å². The van der Waals surface area contributed by atoms with Crippen LogP contribution in [0.25, 0.3) is 22.4 Å². The molecule has 8 heteroatoms. The summed E-state index contributed by atoms with van der Waals surface area (Å²) in [5.41, 5.74) is 4.31. The number of hydrogen-bond donors (Lipinski definition) is 2. The van der Waals surface area contributed by atoms with Crippen LogP contribution in [0.2, 0.25) is 10.0 Å². The summed E-state index contributed by atoms with van der Waals surface area (Å²) < 4.78 is 2.24. The summed E-state index contributed by atoms with van der Waals surface area (Å²) in [7, 11) is 0. The van der Waals surface area contributed by atoms with Crippen molar-refractivity contribution in [3.05, 3.63) is 87.4 Å². The first-order chi connectivity index (χ1) is 17.9. The Kier molecular flexibility index (Phi) is 7.49. The summed E-state index contributed by atoms with van der Waals surface area (Å²) >= 11 is 12.2. The summed E-state index contributed by atoms with van der Waals surface area (Å²) in [6, 6.07) is 18.3.